The first kappa shape index (κ1) is 24.8. The number of hydrogen-bond acceptors (Lipinski definition) is 5. The fourth-order valence-corrected chi connectivity index (χ4v) is 5.97. The topological polar surface area (TPSA) is 101 Å². The number of piperidine rings is 1. The van der Waals surface area contributed by atoms with Gasteiger partial charge in [-0.15, -0.1) is 0 Å². The van der Waals surface area contributed by atoms with E-state index < -0.39 is 15.6 Å². The molecule has 35 heavy (non-hydrogen) atoms. The summed E-state index contributed by atoms with van der Waals surface area (Å²) in [7, 11) is -3.63. The summed E-state index contributed by atoms with van der Waals surface area (Å²) in [6.45, 7) is 4.58. The quantitative estimate of drug-likeness (QED) is 0.541. The van der Waals surface area contributed by atoms with Gasteiger partial charge in [0.05, 0.1) is 10.6 Å². The van der Waals surface area contributed by atoms with Crippen molar-refractivity contribution in [1.82, 2.24) is 14.1 Å². The molecular formula is C26H30N4O4S. The molecule has 1 aromatic heterocycles. The second-order valence-electron chi connectivity index (χ2n) is 8.76. The van der Waals surface area contributed by atoms with Crippen molar-refractivity contribution < 1.29 is 13.2 Å². The molecule has 0 unspecified atom stereocenters. The minimum Gasteiger partial charge on any atom is -0.324 e. The molecule has 0 spiro atoms. The SMILES string of the molecule is CCc1cccc(NC(=O)Cn2nc(-c3ccc(C)c(S(=O)(=O)N4CCCCC4)c3)ccc2=O)c1. The summed E-state index contributed by atoms with van der Waals surface area (Å²) < 4.78 is 29.2. The standard InChI is InChI=1S/C26H30N4O4S/c1-3-20-8-7-9-22(16-20)27-25(31)18-30-26(32)13-12-23(28-30)21-11-10-19(2)24(17-21)35(33,34)29-14-5-4-6-15-29/h7-13,16-17H,3-6,14-15,18H2,1-2H3,(H,27,31). The Bertz CT molecular complexity index is 1390. The largest absolute Gasteiger partial charge is 0.324 e. The molecule has 1 saturated heterocycles. The van der Waals surface area contributed by atoms with Gasteiger partial charge in [0, 0.05) is 30.4 Å². The Balaban J connectivity index is 1.59. The van der Waals surface area contributed by atoms with Crippen molar-refractivity contribution >= 4 is 21.6 Å². The summed E-state index contributed by atoms with van der Waals surface area (Å²) in [5.41, 5.74) is 2.97. The Morgan fingerprint density at radius 1 is 1.03 bits per heavy atom. The first-order valence-corrected chi connectivity index (χ1v) is 13.3. The molecule has 9 heteroatoms. The summed E-state index contributed by atoms with van der Waals surface area (Å²) in [5, 5.41) is 7.16. The van der Waals surface area contributed by atoms with E-state index in [0.29, 0.717) is 35.6 Å². The van der Waals surface area contributed by atoms with E-state index in [9.17, 15) is 18.0 Å². The van der Waals surface area contributed by atoms with Crippen LogP contribution in [0.1, 0.15) is 37.3 Å². The van der Waals surface area contributed by atoms with Gasteiger partial charge in [0.2, 0.25) is 15.9 Å². The van der Waals surface area contributed by atoms with Crippen molar-refractivity contribution in [3.05, 3.63) is 76.1 Å². The van der Waals surface area contributed by atoms with Crippen LogP contribution < -0.4 is 10.9 Å². The fourth-order valence-electron chi connectivity index (χ4n) is 4.20. The first-order valence-electron chi connectivity index (χ1n) is 11.9. The summed E-state index contributed by atoms with van der Waals surface area (Å²) in [6.07, 6.45) is 3.59. The molecule has 0 aliphatic carbocycles. The van der Waals surface area contributed by atoms with Gasteiger partial charge >= 0.3 is 0 Å². The maximum absolute atomic E-state index is 13.3. The highest BCUT2D eigenvalue weighted by atomic mass is 32.2. The molecule has 0 radical (unpaired) electrons. The van der Waals surface area contributed by atoms with Crippen LogP contribution in [0.3, 0.4) is 0 Å². The second kappa shape index (κ2) is 10.5. The number of aryl methyl sites for hydroxylation is 2. The Labute approximate surface area is 205 Å². The van der Waals surface area contributed by atoms with Gasteiger partial charge in [0.25, 0.3) is 5.56 Å². The third kappa shape index (κ3) is 5.68. The molecule has 1 fully saturated rings. The third-order valence-electron chi connectivity index (χ3n) is 6.20. The van der Waals surface area contributed by atoms with E-state index in [-0.39, 0.29) is 17.3 Å². The molecule has 2 aromatic carbocycles. The van der Waals surface area contributed by atoms with Crippen LogP contribution in [0.25, 0.3) is 11.3 Å². The first-order chi connectivity index (χ1) is 16.8. The number of amides is 1. The molecule has 3 aromatic rings. The molecule has 2 heterocycles. The summed E-state index contributed by atoms with van der Waals surface area (Å²) in [5.74, 6) is -0.373. The van der Waals surface area contributed by atoms with Crippen LogP contribution in [0.4, 0.5) is 5.69 Å². The fraction of sp³-hybridized carbons (Fsp3) is 0.346. The van der Waals surface area contributed by atoms with Gasteiger partial charge in [-0.25, -0.2) is 13.1 Å². The summed E-state index contributed by atoms with van der Waals surface area (Å²) >= 11 is 0. The maximum Gasteiger partial charge on any atom is 0.267 e. The van der Waals surface area contributed by atoms with Crippen molar-refractivity contribution in [2.24, 2.45) is 0 Å². The Hall–Kier alpha value is -3.30. The lowest BCUT2D eigenvalue weighted by molar-refractivity contribution is -0.117. The highest BCUT2D eigenvalue weighted by Crippen LogP contribution is 2.27. The number of hydrogen-bond donors (Lipinski definition) is 1. The third-order valence-corrected chi connectivity index (χ3v) is 8.24. The molecule has 4 rings (SSSR count). The Kier molecular flexibility index (Phi) is 7.47. The number of rotatable bonds is 7. The molecule has 8 nitrogen and oxygen atoms in total. The predicted molar refractivity (Wildman–Crippen MR) is 136 cm³/mol. The zero-order chi connectivity index (χ0) is 25.0. The van der Waals surface area contributed by atoms with E-state index in [1.165, 1.54) is 10.4 Å². The highest BCUT2D eigenvalue weighted by molar-refractivity contribution is 7.89. The molecule has 1 N–H and O–H groups in total. The van der Waals surface area contributed by atoms with Crippen molar-refractivity contribution in [1.29, 1.82) is 0 Å². The van der Waals surface area contributed by atoms with Crippen LogP contribution >= 0.6 is 0 Å². The van der Waals surface area contributed by atoms with Crippen LogP contribution in [-0.4, -0.2) is 41.5 Å². The number of anilines is 1. The zero-order valence-corrected chi connectivity index (χ0v) is 20.8. The predicted octanol–water partition coefficient (Wildman–Crippen LogP) is 3.59. The van der Waals surface area contributed by atoms with Gasteiger partial charge in [0.1, 0.15) is 6.54 Å². The molecule has 1 aliphatic heterocycles. The van der Waals surface area contributed by atoms with Gasteiger partial charge < -0.3 is 5.32 Å². The Morgan fingerprint density at radius 2 is 1.80 bits per heavy atom. The number of sulfonamides is 1. The van der Waals surface area contributed by atoms with E-state index in [1.807, 2.05) is 25.1 Å². The van der Waals surface area contributed by atoms with Crippen LogP contribution in [-0.2, 0) is 27.8 Å². The van der Waals surface area contributed by atoms with Crippen molar-refractivity contribution in [3.63, 3.8) is 0 Å². The molecule has 1 amide bonds. The minimum absolute atomic E-state index is 0.241. The average molecular weight is 495 g/mol. The second-order valence-corrected chi connectivity index (χ2v) is 10.7. The number of nitrogens with one attached hydrogen (secondary N) is 1. The van der Waals surface area contributed by atoms with E-state index in [1.54, 1.807) is 37.3 Å². The molecule has 1 aliphatic rings. The van der Waals surface area contributed by atoms with E-state index in [0.717, 1.165) is 35.9 Å². The van der Waals surface area contributed by atoms with Gasteiger partial charge in [-0.05, 0) is 61.6 Å². The Morgan fingerprint density at radius 3 is 2.54 bits per heavy atom. The normalized spacial score (nSPS) is 14.6. The van der Waals surface area contributed by atoms with Crippen molar-refractivity contribution in [3.8, 4) is 11.3 Å². The number of carbonyl (C=O) groups is 1. The van der Waals surface area contributed by atoms with Crippen molar-refractivity contribution in [2.45, 2.75) is 51.0 Å². The van der Waals surface area contributed by atoms with Crippen LogP contribution in [0.2, 0.25) is 0 Å². The van der Waals surface area contributed by atoms with Gasteiger partial charge in [-0.3, -0.25) is 9.59 Å². The molecule has 184 valence electrons. The number of benzene rings is 2. The highest BCUT2D eigenvalue weighted by Gasteiger charge is 2.27. The lowest BCUT2D eigenvalue weighted by Crippen LogP contribution is -2.36. The number of aromatic nitrogens is 2. The van der Waals surface area contributed by atoms with Gasteiger partial charge in [-0.2, -0.15) is 9.40 Å². The number of nitrogens with zero attached hydrogens (tertiary/aromatic N) is 3. The van der Waals surface area contributed by atoms with Crippen LogP contribution in [0.15, 0.2) is 64.3 Å². The lowest BCUT2D eigenvalue weighted by Gasteiger charge is -2.26. The summed E-state index contributed by atoms with van der Waals surface area (Å²) in [4.78, 5) is 25.2. The van der Waals surface area contributed by atoms with Crippen molar-refractivity contribution in [2.75, 3.05) is 18.4 Å². The van der Waals surface area contributed by atoms with E-state index >= 15 is 0 Å². The lowest BCUT2D eigenvalue weighted by atomic mass is 10.1. The monoisotopic (exact) mass is 494 g/mol. The average Bonchev–Trinajstić information content (AvgIpc) is 2.86. The smallest absolute Gasteiger partial charge is 0.267 e. The molecule has 0 saturated carbocycles. The molecule has 0 atom stereocenters. The zero-order valence-electron chi connectivity index (χ0n) is 20.0. The molecule has 0 bridgehead atoms. The van der Waals surface area contributed by atoms with Gasteiger partial charge in [0.15, 0.2) is 0 Å². The summed E-state index contributed by atoms with van der Waals surface area (Å²) in [6, 6.07) is 15.5. The van der Waals surface area contributed by atoms with Crippen LogP contribution in [0, 0.1) is 6.92 Å². The number of carbonyl (C=O) groups excluding carboxylic acids is 1. The van der Waals surface area contributed by atoms with Gasteiger partial charge in [-0.1, -0.05) is 37.6 Å². The maximum atomic E-state index is 13.3. The molecular weight excluding hydrogens is 464 g/mol. The van der Waals surface area contributed by atoms with E-state index in [2.05, 4.69) is 10.4 Å². The van der Waals surface area contributed by atoms with Crippen LogP contribution in [0.5, 0.6) is 0 Å². The minimum atomic E-state index is -3.63. The van der Waals surface area contributed by atoms with E-state index in [4.69, 9.17) is 0 Å².